The molecule has 4 fully saturated rings. The summed E-state index contributed by atoms with van der Waals surface area (Å²) in [6.45, 7) is 20.5. The van der Waals surface area contributed by atoms with Gasteiger partial charge in [-0.05, 0) is 108 Å². The monoisotopic (exact) mass is 375 g/mol. The van der Waals surface area contributed by atoms with Gasteiger partial charge in [0, 0.05) is 32.2 Å². The van der Waals surface area contributed by atoms with Crippen molar-refractivity contribution < 1.29 is 0 Å². The number of nitrogens with zero attached hydrogens (tertiary/aromatic N) is 3. The van der Waals surface area contributed by atoms with Crippen molar-refractivity contribution in [1.29, 1.82) is 0 Å². The first-order valence-electron chi connectivity index (χ1n) is 12.1. The van der Waals surface area contributed by atoms with Crippen LogP contribution in [0, 0.1) is 22.7 Å². The zero-order valence-electron chi connectivity index (χ0n) is 18.7. The lowest BCUT2D eigenvalue weighted by atomic mass is 9.71. The van der Waals surface area contributed by atoms with Crippen molar-refractivity contribution in [3.63, 3.8) is 0 Å². The minimum absolute atomic E-state index is 0.696. The van der Waals surface area contributed by atoms with Crippen LogP contribution in [0.5, 0.6) is 0 Å². The average molecular weight is 376 g/mol. The Balaban J connectivity index is 1.13. The molecule has 0 bridgehead atoms. The topological polar surface area (TPSA) is 9.72 Å². The van der Waals surface area contributed by atoms with E-state index in [1.165, 1.54) is 97.3 Å². The third-order valence-corrected chi connectivity index (χ3v) is 8.29. The highest BCUT2D eigenvalue weighted by Gasteiger charge is 2.46. The third kappa shape index (κ3) is 4.90. The molecule has 1 aliphatic carbocycles. The summed E-state index contributed by atoms with van der Waals surface area (Å²) in [5.74, 6) is 1.84. The third-order valence-electron chi connectivity index (χ3n) is 8.29. The van der Waals surface area contributed by atoms with Crippen LogP contribution in [0.1, 0.15) is 72.6 Å². The van der Waals surface area contributed by atoms with E-state index in [1.807, 2.05) is 0 Å². The molecular weight excluding hydrogens is 330 g/mol. The van der Waals surface area contributed by atoms with Crippen molar-refractivity contribution in [2.45, 2.75) is 78.7 Å². The minimum Gasteiger partial charge on any atom is -0.303 e. The van der Waals surface area contributed by atoms with Gasteiger partial charge in [0.1, 0.15) is 0 Å². The Kier molecular flexibility index (Phi) is 5.94. The summed E-state index contributed by atoms with van der Waals surface area (Å²) >= 11 is 0. The van der Waals surface area contributed by atoms with Gasteiger partial charge >= 0.3 is 0 Å². The Bertz CT molecular complexity index is 472. The van der Waals surface area contributed by atoms with Crippen molar-refractivity contribution in [3.05, 3.63) is 0 Å². The van der Waals surface area contributed by atoms with Crippen LogP contribution in [0.25, 0.3) is 0 Å². The number of hydrogen-bond acceptors (Lipinski definition) is 3. The van der Waals surface area contributed by atoms with Gasteiger partial charge in [-0.25, -0.2) is 0 Å². The second-order valence-electron chi connectivity index (χ2n) is 11.6. The van der Waals surface area contributed by atoms with Gasteiger partial charge in [-0.3, -0.25) is 0 Å². The van der Waals surface area contributed by atoms with Gasteiger partial charge in [-0.1, -0.05) is 13.8 Å². The maximum atomic E-state index is 2.81. The second kappa shape index (κ2) is 7.95. The summed E-state index contributed by atoms with van der Waals surface area (Å²) in [6, 6.07) is 0.735. The van der Waals surface area contributed by atoms with E-state index in [2.05, 4.69) is 42.4 Å². The average Bonchev–Trinajstić information content (AvgIpc) is 3.34. The predicted octanol–water partition coefficient (Wildman–Crippen LogP) is 4.33. The Morgan fingerprint density at radius 1 is 0.815 bits per heavy atom. The van der Waals surface area contributed by atoms with Crippen molar-refractivity contribution in [3.8, 4) is 0 Å². The van der Waals surface area contributed by atoms with Gasteiger partial charge in [-0.15, -0.1) is 0 Å². The molecule has 3 nitrogen and oxygen atoms in total. The quantitative estimate of drug-likeness (QED) is 0.656. The summed E-state index contributed by atoms with van der Waals surface area (Å²) in [4.78, 5) is 8.28. The molecule has 3 aliphatic heterocycles. The van der Waals surface area contributed by atoms with Crippen LogP contribution in [0.15, 0.2) is 0 Å². The first-order chi connectivity index (χ1) is 12.9. The summed E-state index contributed by atoms with van der Waals surface area (Å²) in [5, 5.41) is 0. The van der Waals surface area contributed by atoms with Gasteiger partial charge in [-0.2, -0.15) is 0 Å². The number of rotatable bonds is 7. The molecule has 3 heterocycles. The molecule has 0 aromatic heterocycles. The molecule has 0 aromatic rings. The number of piperidine rings is 2. The molecule has 156 valence electrons. The van der Waals surface area contributed by atoms with Crippen molar-refractivity contribution >= 4 is 0 Å². The Labute approximate surface area is 168 Å². The molecule has 0 atom stereocenters. The summed E-state index contributed by atoms with van der Waals surface area (Å²) < 4.78 is 0. The Morgan fingerprint density at radius 3 is 1.96 bits per heavy atom. The standard InChI is InChI=1S/C24H45N3/c1-20(2)15-23(7-8-23)17-25-11-5-22(6-12-25)16-26-18-24(19-26)9-13-27(14-10-24)21(3)4/h20-22H,5-19H2,1-4H3. The summed E-state index contributed by atoms with van der Waals surface area (Å²) in [7, 11) is 0. The molecule has 0 amide bonds. The number of hydrogen-bond donors (Lipinski definition) is 0. The largest absolute Gasteiger partial charge is 0.303 e. The fourth-order valence-corrected chi connectivity index (χ4v) is 6.50. The molecule has 0 radical (unpaired) electrons. The first-order valence-corrected chi connectivity index (χ1v) is 12.1. The van der Waals surface area contributed by atoms with E-state index in [1.54, 1.807) is 0 Å². The molecule has 1 spiro atoms. The van der Waals surface area contributed by atoms with Crippen molar-refractivity contribution in [2.75, 3.05) is 52.4 Å². The highest BCUT2D eigenvalue weighted by molar-refractivity contribution is 5.00. The van der Waals surface area contributed by atoms with Crippen LogP contribution < -0.4 is 0 Å². The molecule has 0 aromatic carbocycles. The van der Waals surface area contributed by atoms with Crippen LogP contribution in [-0.4, -0.2) is 73.1 Å². The summed E-state index contributed by atoms with van der Waals surface area (Å²) in [6.07, 6.45) is 10.2. The second-order valence-corrected chi connectivity index (χ2v) is 11.6. The van der Waals surface area contributed by atoms with Gasteiger partial charge in [0.25, 0.3) is 0 Å². The van der Waals surface area contributed by atoms with Gasteiger partial charge in [0.15, 0.2) is 0 Å². The van der Waals surface area contributed by atoms with Crippen LogP contribution >= 0.6 is 0 Å². The predicted molar refractivity (Wildman–Crippen MR) is 115 cm³/mol. The maximum Gasteiger partial charge on any atom is 0.00516 e. The maximum absolute atomic E-state index is 2.81. The lowest BCUT2D eigenvalue weighted by Crippen LogP contribution is -2.61. The fourth-order valence-electron chi connectivity index (χ4n) is 6.50. The van der Waals surface area contributed by atoms with Crippen LogP contribution in [-0.2, 0) is 0 Å². The fraction of sp³-hybridized carbons (Fsp3) is 1.00. The molecule has 0 N–H and O–H groups in total. The molecule has 3 heteroatoms. The van der Waals surface area contributed by atoms with Crippen LogP contribution in [0.4, 0.5) is 0 Å². The Morgan fingerprint density at radius 2 is 1.44 bits per heavy atom. The zero-order valence-corrected chi connectivity index (χ0v) is 18.7. The van der Waals surface area contributed by atoms with Crippen molar-refractivity contribution in [1.82, 2.24) is 14.7 Å². The van der Waals surface area contributed by atoms with E-state index in [9.17, 15) is 0 Å². The van der Waals surface area contributed by atoms with E-state index < -0.39 is 0 Å². The van der Waals surface area contributed by atoms with Gasteiger partial charge in [0.05, 0.1) is 0 Å². The highest BCUT2D eigenvalue weighted by Crippen LogP contribution is 2.51. The number of likely N-dealkylation sites (tertiary alicyclic amines) is 3. The summed E-state index contributed by atoms with van der Waals surface area (Å²) in [5.41, 5.74) is 1.41. The first kappa shape index (κ1) is 20.2. The lowest BCUT2D eigenvalue weighted by molar-refractivity contribution is -0.0612. The Hall–Kier alpha value is -0.120. The highest BCUT2D eigenvalue weighted by atomic mass is 15.2. The molecular formula is C24H45N3. The SMILES string of the molecule is CC(C)CC1(CN2CCC(CN3CC4(CCN(C(C)C)CC4)C3)CC2)CC1. The van der Waals surface area contributed by atoms with E-state index >= 15 is 0 Å². The molecule has 27 heavy (non-hydrogen) atoms. The van der Waals surface area contributed by atoms with Gasteiger partial charge < -0.3 is 14.7 Å². The molecule has 4 aliphatic rings. The van der Waals surface area contributed by atoms with E-state index in [0.717, 1.165) is 23.3 Å². The van der Waals surface area contributed by atoms with Crippen LogP contribution in [0.3, 0.4) is 0 Å². The van der Waals surface area contributed by atoms with Gasteiger partial charge in [0.2, 0.25) is 0 Å². The van der Waals surface area contributed by atoms with Crippen LogP contribution in [0.2, 0.25) is 0 Å². The molecule has 4 rings (SSSR count). The molecule has 0 unspecified atom stereocenters. The van der Waals surface area contributed by atoms with Crippen molar-refractivity contribution in [2.24, 2.45) is 22.7 Å². The normalized spacial score (nSPS) is 29.6. The molecule has 3 saturated heterocycles. The smallest absolute Gasteiger partial charge is 0.00516 e. The van der Waals surface area contributed by atoms with E-state index in [-0.39, 0.29) is 0 Å². The zero-order chi connectivity index (χ0) is 19.1. The lowest BCUT2D eigenvalue weighted by Gasteiger charge is -2.55. The van der Waals surface area contributed by atoms with E-state index in [0.29, 0.717) is 5.41 Å². The van der Waals surface area contributed by atoms with E-state index in [4.69, 9.17) is 0 Å². The molecule has 1 saturated carbocycles. The minimum atomic E-state index is 0.696.